The smallest absolute Gasteiger partial charge is 0.258 e. The summed E-state index contributed by atoms with van der Waals surface area (Å²) in [5.74, 6) is -0.0976. The fourth-order valence-electron chi connectivity index (χ4n) is 3.10. The first-order valence-corrected chi connectivity index (χ1v) is 8.88. The van der Waals surface area contributed by atoms with E-state index in [1.807, 2.05) is 69.1 Å². The zero-order valence-electron chi connectivity index (χ0n) is 16.1. The van der Waals surface area contributed by atoms with Crippen LogP contribution in [0, 0.1) is 20.8 Å². The van der Waals surface area contributed by atoms with Crippen molar-refractivity contribution >= 4 is 17.2 Å². The molecule has 0 saturated heterocycles. The van der Waals surface area contributed by atoms with Gasteiger partial charge in [-0.2, -0.15) is 0 Å². The van der Waals surface area contributed by atoms with Gasteiger partial charge in [0.1, 0.15) is 5.65 Å². The largest absolute Gasteiger partial charge is 0.325 e. The molecular formula is C21H24N4O2. The number of carbonyl (C=O) groups excluding carboxylic acids is 1. The van der Waals surface area contributed by atoms with Crippen LogP contribution in [-0.2, 0) is 11.3 Å². The molecule has 0 atom stereocenters. The van der Waals surface area contributed by atoms with E-state index < -0.39 is 0 Å². The maximum atomic E-state index is 12.4. The normalized spacial score (nSPS) is 11.1. The first-order valence-electron chi connectivity index (χ1n) is 8.88. The van der Waals surface area contributed by atoms with Crippen LogP contribution in [0.1, 0.15) is 22.5 Å². The van der Waals surface area contributed by atoms with Crippen LogP contribution in [0.2, 0.25) is 0 Å². The third-order valence-corrected chi connectivity index (χ3v) is 4.66. The number of rotatable bonds is 5. The Morgan fingerprint density at radius 2 is 1.89 bits per heavy atom. The average molecular weight is 364 g/mol. The van der Waals surface area contributed by atoms with Gasteiger partial charge in [0.15, 0.2) is 0 Å². The Morgan fingerprint density at radius 3 is 2.67 bits per heavy atom. The molecule has 0 aliphatic rings. The minimum atomic E-state index is -0.110. The zero-order valence-corrected chi connectivity index (χ0v) is 16.1. The quantitative estimate of drug-likeness (QED) is 0.756. The van der Waals surface area contributed by atoms with Crippen molar-refractivity contribution in [2.24, 2.45) is 0 Å². The van der Waals surface area contributed by atoms with Crippen molar-refractivity contribution < 1.29 is 4.79 Å². The molecule has 0 spiro atoms. The molecule has 1 amide bonds. The van der Waals surface area contributed by atoms with Gasteiger partial charge in [-0.05, 0) is 57.1 Å². The minimum absolute atomic E-state index is 0.0976. The number of aryl methyl sites for hydroxylation is 2. The van der Waals surface area contributed by atoms with E-state index in [-0.39, 0.29) is 18.0 Å². The predicted octanol–water partition coefficient (Wildman–Crippen LogP) is 2.69. The summed E-state index contributed by atoms with van der Waals surface area (Å²) < 4.78 is 1.58. The molecule has 2 heterocycles. The second-order valence-electron chi connectivity index (χ2n) is 6.91. The molecule has 0 bridgehead atoms. The van der Waals surface area contributed by atoms with Gasteiger partial charge in [0.05, 0.1) is 12.2 Å². The molecule has 1 aromatic carbocycles. The van der Waals surface area contributed by atoms with E-state index in [2.05, 4.69) is 10.3 Å². The number of pyridine rings is 1. The molecule has 6 nitrogen and oxygen atoms in total. The van der Waals surface area contributed by atoms with E-state index >= 15 is 0 Å². The van der Waals surface area contributed by atoms with Crippen LogP contribution < -0.4 is 10.9 Å². The summed E-state index contributed by atoms with van der Waals surface area (Å²) >= 11 is 0. The number of benzene rings is 1. The Kier molecular flexibility index (Phi) is 5.37. The highest BCUT2D eigenvalue weighted by molar-refractivity contribution is 5.93. The van der Waals surface area contributed by atoms with Gasteiger partial charge in [-0.25, -0.2) is 4.98 Å². The number of carbonyl (C=O) groups is 1. The summed E-state index contributed by atoms with van der Waals surface area (Å²) in [7, 11) is 1.84. The number of nitrogens with one attached hydrogen (secondary N) is 1. The summed E-state index contributed by atoms with van der Waals surface area (Å²) in [6, 6.07) is 12.9. The van der Waals surface area contributed by atoms with Gasteiger partial charge in [0.25, 0.3) is 5.56 Å². The molecule has 3 aromatic rings. The van der Waals surface area contributed by atoms with Gasteiger partial charge < -0.3 is 5.32 Å². The topological polar surface area (TPSA) is 66.7 Å². The number of anilines is 1. The van der Waals surface area contributed by atoms with E-state index in [0.717, 1.165) is 22.5 Å². The Bertz CT molecular complexity index is 1060. The van der Waals surface area contributed by atoms with Gasteiger partial charge in [-0.15, -0.1) is 0 Å². The van der Waals surface area contributed by atoms with Crippen LogP contribution in [0.3, 0.4) is 0 Å². The Labute approximate surface area is 158 Å². The Balaban J connectivity index is 1.69. The lowest BCUT2D eigenvalue weighted by Gasteiger charge is -2.17. The monoisotopic (exact) mass is 364 g/mol. The molecule has 3 rings (SSSR count). The maximum absolute atomic E-state index is 12.4. The number of fused-ring (bicyclic) bond motifs is 1. The van der Waals surface area contributed by atoms with Crippen molar-refractivity contribution in [2.75, 3.05) is 18.9 Å². The predicted molar refractivity (Wildman–Crippen MR) is 107 cm³/mol. The molecule has 0 saturated carbocycles. The van der Waals surface area contributed by atoms with E-state index in [9.17, 15) is 9.59 Å². The second-order valence-corrected chi connectivity index (χ2v) is 6.91. The van der Waals surface area contributed by atoms with Gasteiger partial charge in [0, 0.05) is 24.0 Å². The van der Waals surface area contributed by atoms with Crippen LogP contribution in [0.4, 0.5) is 5.69 Å². The van der Waals surface area contributed by atoms with Crippen molar-refractivity contribution in [3.05, 3.63) is 75.3 Å². The van der Waals surface area contributed by atoms with Crippen molar-refractivity contribution in [2.45, 2.75) is 27.3 Å². The van der Waals surface area contributed by atoms with Gasteiger partial charge >= 0.3 is 0 Å². The minimum Gasteiger partial charge on any atom is -0.325 e. The lowest BCUT2D eigenvalue weighted by atomic mass is 10.1. The molecule has 0 radical (unpaired) electrons. The molecule has 2 aromatic heterocycles. The number of hydrogen-bond acceptors (Lipinski definition) is 4. The molecule has 27 heavy (non-hydrogen) atoms. The fourth-order valence-corrected chi connectivity index (χ4v) is 3.10. The van der Waals surface area contributed by atoms with E-state index in [0.29, 0.717) is 17.9 Å². The van der Waals surface area contributed by atoms with E-state index in [1.165, 1.54) is 6.07 Å². The molecule has 6 heteroatoms. The molecule has 0 aliphatic heterocycles. The number of nitrogens with zero attached hydrogens (tertiary/aromatic N) is 3. The van der Waals surface area contributed by atoms with Crippen LogP contribution >= 0.6 is 0 Å². The first kappa shape index (κ1) is 18.8. The lowest BCUT2D eigenvalue weighted by Crippen LogP contribution is -2.31. The van der Waals surface area contributed by atoms with Crippen LogP contribution in [0.25, 0.3) is 5.65 Å². The molecule has 0 unspecified atom stereocenters. The highest BCUT2D eigenvalue weighted by Gasteiger charge is 2.11. The van der Waals surface area contributed by atoms with E-state index in [4.69, 9.17) is 0 Å². The van der Waals surface area contributed by atoms with Crippen LogP contribution in [0.15, 0.2) is 47.3 Å². The molecule has 0 fully saturated rings. The maximum Gasteiger partial charge on any atom is 0.258 e. The summed E-state index contributed by atoms with van der Waals surface area (Å²) in [5.41, 5.74) is 5.02. The molecule has 1 N–H and O–H groups in total. The van der Waals surface area contributed by atoms with Gasteiger partial charge in [0.2, 0.25) is 5.91 Å². The fraction of sp³-hybridized carbons (Fsp3) is 0.286. The third-order valence-electron chi connectivity index (χ3n) is 4.66. The van der Waals surface area contributed by atoms with Crippen molar-refractivity contribution in [1.82, 2.24) is 14.3 Å². The number of likely N-dealkylation sites (N-methyl/N-ethyl adjacent to an activating group) is 1. The number of hydrogen-bond donors (Lipinski definition) is 1. The Hall–Kier alpha value is -2.99. The summed E-state index contributed by atoms with van der Waals surface area (Å²) in [6.45, 7) is 6.51. The van der Waals surface area contributed by atoms with Crippen molar-refractivity contribution in [3.63, 3.8) is 0 Å². The molecule has 0 aliphatic carbocycles. The second kappa shape index (κ2) is 7.72. The number of aromatic nitrogens is 2. The Morgan fingerprint density at radius 1 is 1.15 bits per heavy atom. The third kappa shape index (κ3) is 4.23. The van der Waals surface area contributed by atoms with Crippen molar-refractivity contribution in [1.29, 1.82) is 0 Å². The highest BCUT2D eigenvalue weighted by Crippen LogP contribution is 2.17. The highest BCUT2D eigenvalue weighted by atomic mass is 16.2. The summed E-state index contributed by atoms with van der Waals surface area (Å²) in [5, 5.41) is 2.95. The molecular weight excluding hydrogens is 340 g/mol. The summed E-state index contributed by atoms with van der Waals surface area (Å²) in [6.07, 6.45) is 0. The standard InChI is InChI=1S/C21H24N4O2/c1-14-7-5-9-18(16(14)3)23-20(26)13-24(4)12-17-11-21(27)25-15(2)8-6-10-19(25)22-17/h5-11H,12-13H2,1-4H3,(H,23,26). The first-order chi connectivity index (χ1) is 12.8. The average Bonchev–Trinajstić information content (AvgIpc) is 2.58. The van der Waals surface area contributed by atoms with E-state index in [1.54, 1.807) is 4.40 Å². The number of amides is 1. The van der Waals surface area contributed by atoms with Gasteiger partial charge in [-0.3, -0.25) is 18.9 Å². The molecule has 140 valence electrons. The van der Waals surface area contributed by atoms with Gasteiger partial charge in [-0.1, -0.05) is 18.2 Å². The lowest BCUT2D eigenvalue weighted by molar-refractivity contribution is -0.117. The SMILES string of the molecule is Cc1cccc(NC(=O)CN(C)Cc2cc(=O)n3c(C)cccc3n2)c1C. The summed E-state index contributed by atoms with van der Waals surface area (Å²) in [4.78, 5) is 31.1. The zero-order chi connectivity index (χ0) is 19.6. The van der Waals surface area contributed by atoms with Crippen LogP contribution in [-0.4, -0.2) is 33.8 Å². The van der Waals surface area contributed by atoms with Crippen molar-refractivity contribution in [3.8, 4) is 0 Å². The van der Waals surface area contributed by atoms with Crippen LogP contribution in [0.5, 0.6) is 0 Å².